The third-order valence-electron chi connectivity index (χ3n) is 3.20. The van der Waals surface area contributed by atoms with Crippen LogP contribution in [-0.4, -0.2) is 11.1 Å². The minimum Gasteiger partial charge on any atom is -0.478 e. The fourth-order valence-corrected chi connectivity index (χ4v) is 3.15. The van der Waals surface area contributed by atoms with Crippen molar-refractivity contribution in [2.45, 2.75) is 47.5 Å². The number of benzene rings is 1. The zero-order valence-corrected chi connectivity index (χ0v) is 12.2. The molecule has 0 fully saturated rings. The molecule has 1 aromatic rings. The van der Waals surface area contributed by atoms with Crippen molar-refractivity contribution < 1.29 is 9.90 Å². The van der Waals surface area contributed by atoms with Crippen LogP contribution in [0, 0.1) is 10.8 Å². The minimum absolute atomic E-state index is 0.0926. The Kier molecular flexibility index (Phi) is 3.89. The van der Waals surface area contributed by atoms with Crippen molar-refractivity contribution in [3.05, 3.63) is 35.4 Å². The zero-order chi connectivity index (χ0) is 14.1. The van der Waals surface area contributed by atoms with Crippen LogP contribution in [0.25, 0.3) is 0 Å². The molecule has 1 N–H and O–H groups in total. The second-order valence-electron chi connectivity index (χ2n) is 7.10. The lowest BCUT2D eigenvalue weighted by molar-refractivity contribution is 0.0696. The molecular weight excluding hydrogens is 224 g/mol. The van der Waals surface area contributed by atoms with E-state index < -0.39 is 5.97 Å². The third kappa shape index (κ3) is 3.34. The quantitative estimate of drug-likeness (QED) is 0.833. The lowest BCUT2D eigenvalue weighted by Crippen LogP contribution is -2.30. The third-order valence-corrected chi connectivity index (χ3v) is 3.20. The number of carboxylic acid groups (broad SMARTS) is 1. The number of hydrogen-bond donors (Lipinski definition) is 1. The minimum atomic E-state index is -0.863. The standard InChI is InChI=1S/C16H24O2/c1-15(2,3)13(16(4,5)6)11-8-7-9-12(10-11)14(17)18/h7-10,13H,1-6H3,(H,17,18). The fraction of sp³-hybridized carbons (Fsp3) is 0.562. The first-order valence-electron chi connectivity index (χ1n) is 6.37. The van der Waals surface area contributed by atoms with Gasteiger partial charge in [0.1, 0.15) is 0 Å². The van der Waals surface area contributed by atoms with Gasteiger partial charge in [0, 0.05) is 0 Å². The van der Waals surface area contributed by atoms with Crippen LogP contribution >= 0.6 is 0 Å². The Hall–Kier alpha value is -1.31. The van der Waals surface area contributed by atoms with Gasteiger partial charge in [0.15, 0.2) is 0 Å². The summed E-state index contributed by atoms with van der Waals surface area (Å²) in [5.41, 5.74) is 1.66. The lowest BCUT2D eigenvalue weighted by atomic mass is 9.63. The largest absolute Gasteiger partial charge is 0.478 e. The predicted molar refractivity (Wildman–Crippen MR) is 75.1 cm³/mol. The highest BCUT2D eigenvalue weighted by atomic mass is 16.4. The number of aromatic carboxylic acids is 1. The average molecular weight is 248 g/mol. The van der Waals surface area contributed by atoms with E-state index in [1.807, 2.05) is 18.2 Å². The predicted octanol–water partition coefficient (Wildman–Crippen LogP) is 4.56. The van der Waals surface area contributed by atoms with Gasteiger partial charge in [-0.15, -0.1) is 0 Å². The van der Waals surface area contributed by atoms with Crippen molar-refractivity contribution in [1.29, 1.82) is 0 Å². The summed E-state index contributed by atoms with van der Waals surface area (Å²) in [6.07, 6.45) is 0. The van der Waals surface area contributed by atoms with E-state index in [0.29, 0.717) is 11.5 Å². The Balaban J connectivity index is 3.31. The van der Waals surface area contributed by atoms with E-state index >= 15 is 0 Å². The summed E-state index contributed by atoms with van der Waals surface area (Å²) in [6.45, 7) is 13.2. The Morgan fingerprint density at radius 3 is 1.94 bits per heavy atom. The van der Waals surface area contributed by atoms with Gasteiger partial charge in [0.05, 0.1) is 5.56 Å². The highest BCUT2D eigenvalue weighted by Crippen LogP contribution is 2.47. The molecule has 18 heavy (non-hydrogen) atoms. The second-order valence-corrected chi connectivity index (χ2v) is 7.10. The first kappa shape index (κ1) is 14.7. The van der Waals surface area contributed by atoms with Gasteiger partial charge in [0.25, 0.3) is 0 Å². The van der Waals surface area contributed by atoms with E-state index in [1.54, 1.807) is 6.07 Å². The molecule has 0 atom stereocenters. The van der Waals surface area contributed by atoms with Crippen LogP contribution in [0.3, 0.4) is 0 Å². The molecule has 0 saturated carbocycles. The molecule has 0 radical (unpaired) electrons. The average Bonchev–Trinajstić information content (AvgIpc) is 2.13. The number of carbonyl (C=O) groups is 1. The van der Waals surface area contributed by atoms with Gasteiger partial charge in [-0.05, 0) is 34.4 Å². The molecule has 0 spiro atoms. The van der Waals surface area contributed by atoms with Crippen LogP contribution in [0.5, 0.6) is 0 Å². The van der Waals surface area contributed by atoms with Crippen LogP contribution < -0.4 is 0 Å². The van der Waals surface area contributed by atoms with Crippen molar-refractivity contribution >= 4 is 5.97 Å². The van der Waals surface area contributed by atoms with Gasteiger partial charge < -0.3 is 5.11 Å². The lowest BCUT2D eigenvalue weighted by Gasteiger charge is -2.41. The summed E-state index contributed by atoms with van der Waals surface area (Å²) >= 11 is 0. The maximum absolute atomic E-state index is 11.1. The Labute approximate surface area is 110 Å². The van der Waals surface area contributed by atoms with Crippen LogP contribution in [0.1, 0.15) is 63.4 Å². The van der Waals surface area contributed by atoms with E-state index in [4.69, 9.17) is 5.11 Å². The van der Waals surface area contributed by atoms with E-state index in [2.05, 4.69) is 41.5 Å². The molecule has 0 bridgehead atoms. The van der Waals surface area contributed by atoms with Crippen molar-refractivity contribution in [2.24, 2.45) is 10.8 Å². The van der Waals surface area contributed by atoms with Crippen molar-refractivity contribution in [3.63, 3.8) is 0 Å². The summed E-state index contributed by atoms with van der Waals surface area (Å²) in [4.78, 5) is 11.1. The monoisotopic (exact) mass is 248 g/mol. The summed E-state index contributed by atoms with van der Waals surface area (Å²) in [5, 5.41) is 9.10. The summed E-state index contributed by atoms with van der Waals surface area (Å²) < 4.78 is 0. The van der Waals surface area contributed by atoms with Gasteiger partial charge >= 0.3 is 5.97 Å². The van der Waals surface area contributed by atoms with E-state index in [9.17, 15) is 4.79 Å². The van der Waals surface area contributed by atoms with Gasteiger partial charge in [-0.1, -0.05) is 53.7 Å². The van der Waals surface area contributed by atoms with Crippen molar-refractivity contribution in [2.75, 3.05) is 0 Å². The molecule has 1 aromatic carbocycles. The van der Waals surface area contributed by atoms with Crippen molar-refractivity contribution in [1.82, 2.24) is 0 Å². The molecule has 0 unspecified atom stereocenters. The first-order chi connectivity index (χ1) is 8.03. The molecule has 0 saturated heterocycles. The molecule has 0 amide bonds. The first-order valence-corrected chi connectivity index (χ1v) is 6.37. The normalized spacial score (nSPS) is 12.8. The van der Waals surface area contributed by atoms with Crippen LogP contribution in [-0.2, 0) is 0 Å². The Bertz CT molecular complexity index is 419. The van der Waals surface area contributed by atoms with Gasteiger partial charge in [-0.2, -0.15) is 0 Å². The molecule has 1 rings (SSSR count). The molecular formula is C16H24O2. The summed E-state index contributed by atoms with van der Waals surface area (Å²) in [5.74, 6) is -0.553. The van der Waals surface area contributed by atoms with E-state index in [0.717, 1.165) is 5.56 Å². The maximum Gasteiger partial charge on any atom is 0.335 e. The number of hydrogen-bond acceptors (Lipinski definition) is 1. The van der Waals surface area contributed by atoms with Crippen LogP contribution in [0.15, 0.2) is 24.3 Å². The number of carboxylic acids is 1. The Morgan fingerprint density at radius 2 is 1.56 bits per heavy atom. The zero-order valence-electron chi connectivity index (χ0n) is 12.2. The molecule has 2 heteroatoms. The molecule has 0 aliphatic rings. The highest BCUT2D eigenvalue weighted by molar-refractivity contribution is 5.87. The molecule has 100 valence electrons. The summed E-state index contributed by atoms with van der Waals surface area (Å²) in [6, 6.07) is 7.33. The maximum atomic E-state index is 11.1. The Morgan fingerprint density at radius 1 is 1.06 bits per heavy atom. The summed E-state index contributed by atoms with van der Waals surface area (Å²) in [7, 11) is 0. The second kappa shape index (κ2) is 4.75. The molecule has 2 nitrogen and oxygen atoms in total. The van der Waals surface area contributed by atoms with Gasteiger partial charge in [0.2, 0.25) is 0 Å². The van der Waals surface area contributed by atoms with Crippen molar-refractivity contribution in [3.8, 4) is 0 Å². The fourth-order valence-electron chi connectivity index (χ4n) is 3.15. The van der Waals surface area contributed by atoms with Crippen LogP contribution in [0.4, 0.5) is 0 Å². The van der Waals surface area contributed by atoms with E-state index in [1.165, 1.54) is 0 Å². The SMILES string of the molecule is CC(C)(C)C(c1cccc(C(=O)O)c1)C(C)(C)C. The topological polar surface area (TPSA) is 37.3 Å². The molecule has 0 aliphatic carbocycles. The van der Waals surface area contributed by atoms with Gasteiger partial charge in [-0.25, -0.2) is 4.79 Å². The van der Waals surface area contributed by atoms with E-state index in [-0.39, 0.29) is 10.8 Å². The molecule has 0 aliphatic heterocycles. The number of rotatable bonds is 2. The van der Waals surface area contributed by atoms with Gasteiger partial charge in [-0.3, -0.25) is 0 Å². The smallest absolute Gasteiger partial charge is 0.335 e. The molecule has 0 heterocycles. The highest BCUT2D eigenvalue weighted by Gasteiger charge is 2.36. The molecule has 0 aromatic heterocycles. The van der Waals surface area contributed by atoms with Crippen LogP contribution in [0.2, 0.25) is 0 Å².